The molecule has 2 aliphatic rings. The number of aryl methyl sites for hydroxylation is 2. The van der Waals surface area contributed by atoms with E-state index in [1.807, 2.05) is 37.3 Å². The second-order valence-corrected chi connectivity index (χ2v) is 10.5. The monoisotopic (exact) mass is 426 g/mol. The van der Waals surface area contributed by atoms with Crippen molar-refractivity contribution >= 4 is 15.9 Å². The second-order valence-electron chi connectivity index (χ2n) is 8.53. The van der Waals surface area contributed by atoms with Gasteiger partial charge in [-0.1, -0.05) is 48.5 Å². The van der Waals surface area contributed by atoms with E-state index in [4.69, 9.17) is 0 Å². The normalized spacial score (nSPS) is 18.7. The molecule has 2 aromatic carbocycles. The zero-order valence-electron chi connectivity index (χ0n) is 17.5. The summed E-state index contributed by atoms with van der Waals surface area (Å²) in [6, 6.07) is 15.7. The maximum Gasteiger partial charge on any atom is 0.223 e. The quantitative estimate of drug-likeness (QED) is 0.768. The Hall–Kier alpha value is -2.18. The highest BCUT2D eigenvalue weighted by molar-refractivity contribution is 7.88. The Morgan fingerprint density at radius 3 is 2.50 bits per heavy atom. The van der Waals surface area contributed by atoms with Crippen LogP contribution >= 0.6 is 0 Å². The molecule has 0 bridgehead atoms. The molecule has 1 heterocycles. The van der Waals surface area contributed by atoms with Gasteiger partial charge in [0.2, 0.25) is 15.9 Å². The predicted octanol–water partition coefficient (Wildman–Crippen LogP) is 3.59. The summed E-state index contributed by atoms with van der Waals surface area (Å²) in [5, 5.41) is 3.14. The average molecular weight is 427 g/mol. The number of hydrogen-bond acceptors (Lipinski definition) is 3. The van der Waals surface area contributed by atoms with Crippen molar-refractivity contribution in [3.63, 3.8) is 0 Å². The molecular weight excluding hydrogens is 396 g/mol. The van der Waals surface area contributed by atoms with E-state index in [-0.39, 0.29) is 23.6 Å². The fourth-order valence-electron chi connectivity index (χ4n) is 4.55. The molecule has 1 saturated heterocycles. The average Bonchev–Trinajstić information content (AvgIpc) is 3.22. The first-order valence-corrected chi connectivity index (χ1v) is 12.5. The highest BCUT2D eigenvalue weighted by Crippen LogP contribution is 2.27. The van der Waals surface area contributed by atoms with Crippen LogP contribution in [-0.4, -0.2) is 31.7 Å². The van der Waals surface area contributed by atoms with Gasteiger partial charge in [-0.15, -0.1) is 0 Å². The van der Waals surface area contributed by atoms with E-state index in [2.05, 4.69) is 23.5 Å². The maximum atomic E-state index is 12.8. The molecule has 1 N–H and O–H groups in total. The predicted molar refractivity (Wildman–Crippen MR) is 118 cm³/mol. The number of carbonyl (C=O) groups excluding carboxylic acids is 1. The van der Waals surface area contributed by atoms with Gasteiger partial charge >= 0.3 is 0 Å². The largest absolute Gasteiger partial charge is 0.349 e. The third-order valence-electron chi connectivity index (χ3n) is 6.39. The molecular formula is C24H30N2O3S. The topological polar surface area (TPSA) is 66.5 Å². The van der Waals surface area contributed by atoms with Gasteiger partial charge in [0.25, 0.3) is 0 Å². The molecule has 160 valence electrons. The second kappa shape index (κ2) is 8.90. The summed E-state index contributed by atoms with van der Waals surface area (Å²) in [6.07, 6.45) is 4.63. The Morgan fingerprint density at radius 2 is 1.77 bits per heavy atom. The first kappa shape index (κ1) is 21.1. The third kappa shape index (κ3) is 4.76. The minimum atomic E-state index is -3.36. The van der Waals surface area contributed by atoms with Crippen molar-refractivity contribution in [2.75, 3.05) is 13.1 Å². The van der Waals surface area contributed by atoms with Crippen LogP contribution in [0.2, 0.25) is 0 Å². The van der Waals surface area contributed by atoms with E-state index in [1.54, 1.807) is 0 Å². The summed E-state index contributed by atoms with van der Waals surface area (Å²) in [4.78, 5) is 12.8. The van der Waals surface area contributed by atoms with E-state index in [9.17, 15) is 13.2 Å². The Labute approximate surface area is 179 Å². The number of fused-ring (bicyclic) bond motifs is 1. The van der Waals surface area contributed by atoms with Crippen LogP contribution in [0.5, 0.6) is 0 Å². The lowest BCUT2D eigenvalue weighted by atomic mass is 9.96. The molecule has 1 aliphatic carbocycles. The number of nitrogens with zero attached hydrogens (tertiary/aromatic N) is 1. The lowest BCUT2D eigenvalue weighted by Crippen LogP contribution is -2.43. The number of carbonyl (C=O) groups is 1. The van der Waals surface area contributed by atoms with Gasteiger partial charge < -0.3 is 5.32 Å². The molecule has 30 heavy (non-hydrogen) atoms. The van der Waals surface area contributed by atoms with E-state index < -0.39 is 10.0 Å². The SMILES string of the molecule is C[C@H](NC(=O)C1CCN(S(=O)(=O)Cc2ccccc2)CC1)c1ccc2c(c1)CCC2. The van der Waals surface area contributed by atoms with Crippen LogP contribution in [0.15, 0.2) is 48.5 Å². The van der Waals surface area contributed by atoms with Gasteiger partial charge in [-0.25, -0.2) is 12.7 Å². The standard InChI is InChI=1S/C24H30N2O3S/c1-18(22-11-10-20-8-5-9-23(20)16-22)25-24(27)21-12-14-26(15-13-21)30(28,29)17-19-6-3-2-4-7-19/h2-4,6-7,10-11,16,18,21H,5,8-9,12-15,17H2,1H3,(H,25,27)/t18-/m0/s1. The summed E-state index contributed by atoms with van der Waals surface area (Å²) in [5.74, 6) is -0.0896. The zero-order valence-corrected chi connectivity index (χ0v) is 18.3. The molecule has 0 radical (unpaired) electrons. The molecule has 1 aliphatic heterocycles. The molecule has 2 aromatic rings. The summed E-state index contributed by atoms with van der Waals surface area (Å²) in [6.45, 7) is 2.83. The lowest BCUT2D eigenvalue weighted by molar-refractivity contribution is -0.126. The minimum absolute atomic E-state index is 0.0140. The molecule has 1 fully saturated rings. The van der Waals surface area contributed by atoms with Gasteiger partial charge in [-0.2, -0.15) is 0 Å². The lowest BCUT2D eigenvalue weighted by Gasteiger charge is -2.31. The Kier molecular flexibility index (Phi) is 6.25. The van der Waals surface area contributed by atoms with Crippen molar-refractivity contribution in [3.05, 3.63) is 70.8 Å². The molecule has 0 aromatic heterocycles. The summed E-state index contributed by atoms with van der Waals surface area (Å²) >= 11 is 0. The number of hydrogen-bond donors (Lipinski definition) is 1. The smallest absolute Gasteiger partial charge is 0.223 e. The number of sulfonamides is 1. The Morgan fingerprint density at radius 1 is 1.07 bits per heavy atom. The number of nitrogens with one attached hydrogen (secondary N) is 1. The van der Waals surface area contributed by atoms with Crippen molar-refractivity contribution < 1.29 is 13.2 Å². The Balaban J connectivity index is 1.31. The minimum Gasteiger partial charge on any atom is -0.349 e. The zero-order chi connectivity index (χ0) is 21.1. The van der Waals surface area contributed by atoms with Crippen LogP contribution in [0.25, 0.3) is 0 Å². The maximum absolute atomic E-state index is 12.8. The van der Waals surface area contributed by atoms with Crippen molar-refractivity contribution in [1.82, 2.24) is 9.62 Å². The number of benzene rings is 2. The van der Waals surface area contributed by atoms with Crippen LogP contribution in [-0.2, 0) is 33.4 Å². The van der Waals surface area contributed by atoms with Crippen molar-refractivity contribution in [3.8, 4) is 0 Å². The van der Waals surface area contributed by atoms with E-state index >= 15 is 0 Å². The van der Waals surface area contributed by atoms with Gasteiger partial charge in [0.15, 0.2) is 0 Å². The Bertz CT molecular complexity index is 996. The van der Waals surface area contributed by atoms with E-state index in [0.717, 1.165) is 24.0 Å². The molecule has 0 saturated carbocycles. The van der Waals surface area contributed by atoms with Gasteiger partial charge in [0.05, 0.1) is 11.8 Å². The summed E-state index contributed by atoms with van der Waals surface area (Å²) in [5.41, 5.74) is 4.78. The fraction of sp³-hybridized carbons (Fsp3) is 0.458. The number of piperidine rings is 1. The van der Waals surface area contributed by atoms with Crippen molar-refractivity contribution in [1.29, 1.82) is 0 Å². The molecule has 6 heteroatoms. The molecule has 0 spiro atoms. The first-order valence-electron chi connectivity index (χ1n) is 10.9. The van der Waals surface area contributed by atoms with E-state index in [1.165, 1.54) is 21.9 Å². The molecule has 5 nitrogen and oxygen atoms in total. The number of rotatable bonds is 6. The van der Waals surface area contributed by atoms with Crippen LogP contribution in [0.4, 0.5) is 0 Å². The van der Waals surface area contributed by atoms with Gasteiger partial charge in [-0.3, -0.25) is 4.79 Å². The first-order chi connectivity index (χ1) is 14.4. The highest BCUT2D eigenvalue weighted by Gasteiger charge is 2.31. The van der Waals surface area contributed by atoms with Crippen molar-refractivity contribution in [2.45, 2.75) is 50.8 Å². The molecule has 1 amide bonds. The van der Waals surface area contributed by atoms with Crippen LogP contribution < -0.4 is 5.32 Å². The third-order valence-corrected chi connectivity index (χ3v) is 8.24. The molecule has 0 unspecified atom stereocenters. The molecule has 4 rings (SSSR count). The van der Waals surface area contributed by atoms with Crippen molar-refractivity contribution in [2.24, 2.45) is 5.92 Å². The van der Waals surface area contributed by atoms with E-state index in [0.29, 0.717) is 25.9 Å². The molecule has 1 atom stereocenters. The van der Waals surface area contributed by atoms with Gasteiger partial charge in [0.1, 0.15) is 0 Å². The van der Waals surface area contributed by atoms with Gasteiger partial charge in [-0.05, 0) is 61.3 Å². The highest BCUT2D eigenvalue weighted by atomic mass is 32.2. The van der Waals surface area contributed by atoms with Crippen LogP contribution in [0, 0.1) is 5.92 Å². The number of amides is 1. The fourth-order valence-corrected chi connectivity index (χ4v) is 6.11. The van der Waals surface area contributed by atoms with Crippen LogP contribution in [0.3, 0.4) is 0 Å². The van der Waals surface area contributed by atoms with Gasteiger partial charge in [0, 0.05) is 19.0 Å². The van der Waals surface area contributed by atoms with Crippen LogP contribution in [0.1, 0.15) is 54.5 Å². The summed E-state index contributed by atoms with van der Waals surface area (Å²) in [7, 11) is -3.36. The summed E-state index contributed by atoms with van der Waals surface area (Å²) < 4.78 is 27.0.